The van der Waals surface area contributed by atoms with Gasteiger partial charge in [0.15, 0.2) is 5.76 Å². The van der Waals surface area contributed by atoms with Gasteiger partial charge in [-0.3, -0.25) is 0 Å². The first kappa shape index (κ1) is 12.4. The minimum absolute atomic E-state index is 0.0762. The highest BCUT2D eigenvalue weighted by Gasteiger charge is 2.41. The Hall–Kier alpha value is -1.62. The second-order valence-corrected chi connectivity index (χ2v) is 5.63. The van der Waals surface area contributed by atoms with Crippen molar-refractivity contribution in [3.8, 4) is 11.6 Å². The van der Waals surface area contributed by atoms with Crippen LogP contribution in [-0.2, 0) is 5.41 Å². The summed E-state index contributed by atoms with van der Waals surface area (Å²) in [7, 11) is 0. The van der Waals surface area contributed by atoms with Crippen molar-refractivity contribution in [1.29, 1.82) is 0 Å². The summed E-state index contributed by atoms with van der Waals surface area (Å²) in [6.45, 7) is 4.08. The highest BCUT2D eigenvalue weighted by atomic mass is 16.5. The molecule has 5 heteroatoms. The topological polar surface area (TPSA) is 78.1 Å². The Balaban J connectivity index is 1.95. The number of rotatable bonds is 2. The third kappa shape index (κ3) is 1.98. The van der Waals surface area contributed by atoms with Gasteiger partial charge in [0.05, 0.1) is 11.7 Å². The second kappa shape index (κ2) is 4.49. The van der Waals surface area contributed by atoms with Crippen LogP contribution in [0.1, 0.15) is 44.1 Å². The number of furan rings is 1. The van der Waals surface area contributed by atoms with E-state index in [2.05, 4.69) is 17.1 Å². The molecule has 1 saturated carbocycles. The van der Waals surface area contributed by atoms with E-state index in [9.17, 15) is 0 Å². The molecular weight excluding hydrogens is 242 g/mol. The molecule has 3 rings (SSSR count). The Kier molecular flexibility index (Phi) is 2.93. The quantitative estimate of drug-likeness (QED) is 0.899. The van der Waals surface area contributed by atoms with E-state index in [-0.39, 0.29) is 11.5 Å². The molecule has 1 fully saturated rings. The number of nitrogens with two attached hydrogens (primary N) is 1. The average Bonchev–Trinajstić information content (AvgIpc) is 3.01. The molecule has 0 saturated heterocycles. The molecule has 5 nitrogen and oxygen atoms in total. The van der Waals surface area contributed by atoms with Crippen LogP contribution in [0, 0.1) is 6.92 Å². The highest BCUT2D eigenvalue weighted by molar-refractivity contribution is 5.51. The van der Waals surface area contributed by atoms with Crippen LogP contribution in [0.3, 0.4) is 0 Å². The van der Waals surface area contributed by atoms with E-state index < -0.39 is 0 Å². The lowest BCUT2D eigenvalue weighted by Crippen LogP contribution is -2.45. The Morgan fingerprint density at radius 3 is 2.95 bits per heavy atom. The van der Waals surface area contributed by atoms with Gasteiger partial charge in [-0.25, -0.2) is 0 Å². The van der Waals surface area contributed by atoms with Crippen LogP contribution in [0.15, 0.2) is 21.3 Å². The molecule has 1 aliphatic rings. The molecular formula is C14H19N3O2. The summed E-state index contributed by atoms with van der Waals surface area (Å²) >= 11 is 0. The lowest BCUT2D eigenvalue weighted by Gasteiger charge is -2.35. The molecule has 1 aliphatic carbocycles. The average molecular weight is 261 g/mol. The van der Waals surface area contributed by atoms with Crippen molar-refractivity contribution in [3.63, 3.8) is 0 Å². The lowest BCUT2D eigenvalue weighted by molar-refractivity contribution is 0.203. The van der Waals surface area contributed by atoms with Crippen LogP contribution in [0.4, 0.5) is 0 Å². The molecule has 2 aromatic rings. The third-order valence-corrected chi connectivity index (χ3v) is 4.26. The fourth-order valence-corrected chi connectivity index (χ4v) is 2.78. The minimum atomic E-state index is -0.218. The van der Waals surface area contributed by atoms with Crippen LogP contribution in [-0.4, -0.2) is 16.2 Å². The zero-order valence-corrected chi connectivity index (χ0v) is 11.3. The fourth-order valence-electron chi connectivity index (χ4n) is 2.78. The van der Waals surface area contributed by atoms with Crippen LogP contribution < -0.4 is 5.73 Å². The predicted octanol–water partition coefficient (Wildman–Crippen LogP) is 2.80. The summed E-state index contributed by atoms with van der Waals surface area (Å²) in [6.07, 6.45) is 5.96. The standard InChI is InChI=1S/C14H19N3O2/c1-9-6-8-18-11(9)12-16-13(19-17-12)14(2)7-4-3-5-10(14)15/h6,8,10H,3-5,7,15H2,1-2H3. The van der Waals surface area contributed by atoms with Crippen LogP contribution in [0.2, 0.25) is 0 Å². The van der Waals surface area contributed by atoms with E-state index in [0.717, 1.165) is 24.8 Å². The first-order valence-corrected chi connectivity index (χ1v) is 6.75. The van der Waals surface area contributed by atoms with Crippen molar-refractivity contribution in [3.05, 3.63) is 23.8 Å². The Morgan fingerprint density at radius 1 is 1.42 bits per heavy atom. The molecule has 0 bridgehead atoms. The zero-order valence-electron chi connectivity index (χ0n) is 11.3. The molecule has 2 aromatic heterocycles. The summed E-state index contributed by atoms with van der Waals surface area (Å²) < 4.78 is 10.8. The Morgan fingerprint density at radius 2 is 2.26 bits per heavy atom. The smallest absolute Gasteiger partial charge is 0.238 e. The maximum atomic E-state index is 6.25. The van der Waals surface area contributed by atoms with Crippen molar-refractivity contribution < 1.29 is 8.94 Å². The molecule has 2 atom stereocenters. The van der Waals surface area contributed by atoms with Gasteiger partial charge in [0.2, 0.25) is 11.7 Å². The summed E-state index contributed by atoms with van der Waals surface area (Å²) in [5, 5.41) is 4.04. The van der Waals surface area contributed by atoms with E-state index in [4.69, 9.17) is 14.7 Å². The van der Waals surface area contributed by atoms with Crippen molar-refractivity contribution in [2.75, 3.05) is 0 Å². The monoisotopic (exact) mass is 261 g/mol. The van der Waals surface area contributed by atoms with Crippen LogP contribution in [0.25, 0.3) is 11.6 Å². The van der Waals surface area contributed by atoms with Gasteiger partial charge in [-0.2, -0.15) is 4.98 Å². The maximum absolute atomic E-state index is 6.25. The first-order chi connectivity index (χ1) is 9.11. The van der Waals surface area contributed by atoms with Crippen molar-refractivity contribution in [2.45, 2.75) is 51.0 Å². The molecule has 2 heterocycles. The largest absolute Gasteiger partial charge is 0.461 e. The third-order valence-electron chi connectivity index (χ3n) is 4.26. The fraction of sp³-hybridized carbons (Fsp3) is 0.571. The number of hydrogen-bond donors (Lipinski definition) is 1. The van der Waals surface area contributed by atoms with Crippen LogP contribution >= 0.6 is 0 Å². The summed E-state index contributed by atoms with van der Waals surface area (Å²) in [4.78, 5) is 4.51. The van der Waals surface area contributed by atoms with Crippen molar-refractivity contribution in [2.24, 2.45) is 5.73 Å². The number of aromatic nitrogens is 2. The van der Waals surface area contributed by atoms with Gasteiger partial charge in [-0.05, 0) is 38.3 Å². The number of hydrogen-bond acceptors (Lipinski definition) is 5. The molecule has 0 spiro atoms. The van der Waals surface area contributed by atoms with E-state index in [1.807, 2.05) is 13.0 Å². The molecule has 102 valence electrons. The van der Waals surface area contributed by atoms with Crippen LogP contribution in [0.5, 0.6) is 0 Å². The summed E-state index contributed by atoms with van der Waals surface area (Å²) in [6, 6.07) is 1.96. The minimum Gasteiger partial charge on any atom is -0.461 e. The first-order valence-electron chi connectivity index (χ1n) is 6.75. The maximum Gasteiger partial charge on any atom is 0.238 e. The van der Waals surface area contributed by atoms with Gasteiger partial charge >= 0.3 is 0 Å². The zero-order chi connectivity index (χ0) is 13.5. The second-order valence-electron chi connectivity index (χ2n) is 5.63. The Labute approximate surface area is 112 Å². The van der Waals surface area contributed by atoms with E-state index in [0.29, 0.717) is 17.5 Å². The van der Waals surface area contributed by atoms with Gasteiger partial charge in [0.1, 0.15) is 0 Å². The molecule has 0 amide bonds. The number of aryl methyl sites for hydroxylation is 1. The van der Waals surface area contributed by atoms with Gasteiger partial charge in [-0.15, -0.1) is 0 Å². The molecule has 2 N–H and O–H groups in total. The Bertz CT molecular complexity index is 575. The molecule has 0 aromatic carbocycles. The van der Waals surface area contributed by atoms with Gasteiger partial charge in [0.25, 0.3) is 0 Å². The molecule has 0 radical (unpaired) electrons. The van der Waals surface area contributed by atoms with E-state index in [1.54, 1.807) is 6.26 Å². The summed E-state index contributed by atoms with van der Waals surface area (Å²) in [5.74, 6) is 1.81. The van der Waals surface area contributed by atoms with Gasteiger partial charge in [0, 0.05) is 6.04 Å². The predicted molar refractivity (Wildman–Crippen MR) is 70.5 cm³/mol. The van der Waals surface area contributed by atoms with Crippen molar-refractivity contribution in [1.82, 2.24) is 10.1 Å². The summed E-state index contributed by atoms with van der Waals surface area (Å²) in [5.41, 5.74) is 7.04. The SMILES string of the molecule is Cc1ccoc1-c1noc(C2(C)CCCCC2N)n1. The van der Waals surface area contributed by atoms with Gasteiger partial charge < -0.3 is 14.7 Å². The molecule has 19 heavy (non-hydrogen) atoms. The molecule has 2 unspecified atom stereocenters. The lowest BCUT2D eigenvalue weighted by atomic mass is 9.72. The molecule has 0 aliphatic heterocycles. The normalized spacial score (nSPS) is 27.6. The van der Waals surface area contributed by atoms with E-state index in [1.165, 1.54) is 6.42 Å². The van der Waals surface area contributed by atoms with E-state index >= 15 is 0 Å². The van der Waals surface area contributed by atoms with Gasteiger partial charge in [-0.1, -0.05) is 18.0 Å². The number of nitrogens with zero attached hydrogens (tertiary/aromatic N) is 2. The van der Waals surface area contributed by atoms with Crippen molar-refractivity contribution >= 4 is 0 Å². The highest BCUT2D eigenvalue weighted by Crippen LogP contribution is 2.38.